The van der Waals surface area contributed by atoms with Crippen LogP contribution in [0.25, 0.3) is 0 Å². The van der Waals surface area contributed by atoms with Crippen molar-refractivity contribution < 1.29 is 8.42 Å². The zero-order valence-corrected chi connectivity index (χ0v) is 8.79. The fourth-order valence-electron chi connectivity index (χ4n) is 1.89. The molecule has 0 unspecified atom stereocenters. The number of sulfone groups is 1. The van der Waals surface area contributed by atoms with E-state index in [0.29, 0.717) is 4.90 Å². The van der Waals surface area contributed by atoms with Gasteiger partial charge in [-0.15, -0.1) is 0 Å². The van der Waals surface area contributed by atoms with Crippen LogP contribution in [0.3, 0.4) is 0 Å². The second kappa shape index (κ2) is 3.07. The Morgan fingerprint density at radius 1 is 1.36 bits per heavy atom. The molecule has 14 heavy (non-hydrogen) atoms. The van der Waals surface area contributed by atoms with Crippen LogP contribution in [0.15, 0.2) is 29.2 Å². The van der Waals surface area contributed by atoms with Crippen LogP contribution in [-0.2, 0) is 9.84 Å². The Kier molecular flexibility index (Phi) is 2.12. The minimum absolute atomic E-state index is 0.00472. The van der Waals surface area contributed by atoms with Crippen LogP contribution >= 0.6 is 0 Å². The van der Waals surface area contributed by atoms with E-state index in [1.807, 2.05) is 13.0 Å². The Balaban J connectivity index is 2.68. The van der Waals surface area contributed by atoms with Crippen LogP contribution in [-0.4, -0.2) is 14.2 Å². The van der Waals surface area contributed by atoms with Gasteiger partial charge in [-0.25, -0.2) is 8.42 Å². The SMILES string of the molecule is C[C@H]1CS(=O)(=O)c2ccccc2[C@@H]1N. The molecule has 0 spiro atoms. The number of fused-ring (bicyclic) bond motifs is 1. The number of hydrogen-bond acceptors (Lipinski definition) is 3. The molecule has 1 aliphatic rings. The Bertz CT molecular complexity index is 453. The zero-order valence-electron chi connectivity index (χ0n) is 7.97. The molecule has 0 radical (unpaired) electrons. The van der Waals surface area contributed by atoms with Crippen molar-refractivity contribution in [3.05, 3.63) is 29.8 Å². The lowest BCUT2D eigenvalue weighted by molar-refractivity contribution is 0.478. The van der Waals surface area contributed by atoms with Crippen LogP contribution in [0.1, 0.15) is 18.5 Å². The van der Waals surface area contributed by atoms with E-state index < -0.39 is 9.84 Å². The van der Waals surface area contributed by atoms with Crippen LogP contribution in [0.4, 0.5) is 0 Å². The predicted molar refractivity (Wildman–Crippen MR) is 54.6 cm³/mol. The summed E-state index contributed by atoms with van der Waals surface area (Å²) in [6.07, 6.45) is 0. The van der Waals surface area contributed by atoms with E-state index in [1.165, 1.54) is 0 Å². The summed E-state index contributed by atoms with van der Waals surface area (Å²) in [5, 5.41) is 0. The average molecular weight is 211 g/mol. The first-order valence-corrected chi connectivity index (χ1v) is 6.25. The summed E-state index contributed by atoms with van der Waals surface area (Å²) < 4.78 is 23.5. The van der Waals surface area contributed by atoms with Gasteiger partial charge in [0, 0.05) is 6.04 Å². The standard InChI is InChI=1S/C10H13NO2S/c1-7-6-14(12,13)9-5-3-2-4-8(9)10(7)11/h2-5,7,10H,6,11H2,1H3/t7-,10+/m0/s1. The molecule has 0 bridgehead atoms. The van der Waals surface area contributed by atoms with Gasteiger partial charge in [-0.05, 0) is 17.5 Å². The summed E-state index contributed by atoms with van der Waals surface area (Å²) in [6.45, 7) is 1.87. The van der Waals surface area contributed by atoms with Gasteiger partial charge in [-0.2, -0.15) is 0 Å². The highest BCUT2D eigenvalue weighted by atomic mass is 32.2. The summed E-state index contributed by atoms with van der Waals surface area (Å²) >= 11 is 0. The molecule has 0 amide bonds. The van der Waals surface area contributed by atoms with Gasteiger partial charge in [-0.3, -0.25) is 0 Å². The van der Waals surface area contributed by atoms with Gasteiger partial charge in [0.2, 0.25) is 0 Å². The van der Waals surface area contributed by atoms with E-state index in [9.17, 15) is 8.42 Å². The number of benzene rings is 1. The highest BCUT2D eigenvalue weighted by Gasteiger charge is 2.32. The first kappa shape index (κ1) is 9.68. The third-order valence-electron chi connectivity index (χ3n) is 2.71. The lowest BCUT2D eigenvalue weighted by atomic mass is 9.96. The summed E-state index contributed by atoms with van der Waals surface area (Å²) in [6, 6.07) is 6.84. The van der Waals surface area contributed by atoms with E-state index in [-0.39, 0.29) is 17.7 Å². The van der Waals surface area contributed by atoms with Crippen molar-refractivity contribution in [3.8, 4) is 0 Å². The molecule has 1 aromatic carbocycles. The molecule has 1 aromatic rings. The number of rotatable bonds is 0. The van der Waals surface area contributed by atoms with Crippen molar-refractivity contribution in [3.63, 3.8) is 0 Å². The highest BCUT2D eigenvalue weighted by Crippen LogP contribution is 2.33. The Morgan fingerprint density at radius 3 is 2.71 bits per heavy atom. The van der Waals surface area contributed by atoms with Crippen molar-refractivity contribution in [2.75, 3.05) is 5.75 Å². The van der Waals surface area contributed by atoms with Crippen LogP contribution in [0.5, 0.6) is 0 Å². The van der Waals surface area contributed by atoms with Gasteiger partial charge in [0.1, 0.15) is 0 Å². The van der Waals surface area contributed by atoms with E-state index in [0.717, 1.165) is 5.56 Å². The molecule has 0 aliphatic carbocycles. The summed E-state index contributed by atoms with van der Waals surface area (Å²) in [7, 11) is -3.10. The average Bonchev–Trinajstić information content (AvgIpc) is 2.14. The van der Waals surface area contributed by atoms with Gasteiger partial charge in [0.15, 0.2) is 9.84 Å². The van der Waals surface area contributed by atoms with Crippen LogP contribution < -0.4 is 5.73 Å². The molecule has 2 atom stereocenters. The van der Waals surface area contributed by atoms with Crippen LogP contribution in [0.2, 0.25) is 0 Å². The lowest BCUT2D eigenvalue weighted by Crippen LogP contribution is -2.32. The van der Waals surface area contributed by atoms with Crippen LogP contribution in [0, 0.1) is 5.92 Å². The van der Waals surface area contributed by atoms with Gasteiger partial charge < -0.3 is 5.73 Å². The molecule has 1 heterocycles. The van der Waals surface area contributed by atoms with E-state index in [4.69, 9.17) is 5.73 Å². The second-order valence-electron chi connectivity index (χ2n) is 3.82. The molecule has 0 aromatic heterocycles. The predicted octanol–water partition coefficient (Wildman–Crippen LogP) is 1.11. The van der Waals surface area contributed by atoms with E-state index in [1.54, 1.807) is 18.2 Å². The maximum Gasteiger partial charge on any atom is 0.179 e. The highest BCUT2D eigenvalue weighted by molar-refractivity contribution is 7.91. The molecule has 2 N–H and O–H groups in total. The molecular weight excluding hydrogens is 198 g/mol. The first-order valence-electron chi connectivity index (χ1n) is 4.59. The molecular formula is C10H13NO2S. The monoisotopic (exact) mass is 211 g/mol. The summed E-state index contributed by atoms with van der Waals surface area (Å²) in [5.74, 6) is 0.153. The molecule has 3 nitrogen and oxygen atoms in total. The largest absolute Gasteiger partial charge is 0.324 e. The van der Waals surface area contributed by atoms with Gasteiger partial charge in [-0.1, -0.05) is 25.1 Å². The fraction of sp³-hybridized carbons (Fsp3) is 0.400. The third-order valence-corrected chi connectivity index (χ3v) is 4.72. The van der Waals surface area contributed by atoms with Gasteiger partial charge >= 0.3 is 0 Å². The first-order chi connectivity index (χ1) is 6.52. The molecule has 4 heteroatoms. The number of nitrogens with two attached hydrogens (primary N) is 1. The summed E-state index contributed by atoms with van der Waals surface area (Å²) in [5.41, 5.74) is 6.70. The van der Waals surface area contributed by atoms with Crippen molar-refractivity contribution in [2.24, 2.45) is 11.7 Å². The van der Waals surface area contributed by atoms with Crippen molar-refractivity contribution in [2.45, 2.75) is 17.9 Å². The number of hydrogen-bond donors (Lipinski definition) is 1. The second-order valence-corrected chi connectivity index (χ2v) is 5.82. The van der Waals surface area contributed by atoms with E-state index >= 15 is 0 Å². The maximum absolute atomic E-state index is 11.8. The minimum Gasteiger partial charge on any atom is -0.324 e. The molecule has 0 saturated carbocycles. The molecule has 0 fully saturated rings. The Morgan fingerprint density at radius 2 is 2.00 bits per heavy atom. The van der Waals surface area contributed by atoms with Crippen molar-refractivity contribution >= 4 is 9.84 Å². The quantitative estimate of drug-likeness (QED) is 0.699. The molecule has 0 saturated heterocycles. The van der Waals surface area contributed by atoms with Crippen molar-refractivity contribution in [1.82, 2.24) is 0 Å². The lowest BCUT2D eigenvalue weighted by Gasteiger charge is -2.27. The Hall–Kier alpha value is -0.870. The normalized spacial score (nSPS) is 29.6. The topological polar surface area (TPSA) is 60.2 Å². The third kappa shape index (κ3) is 1.35. The van der Waals surface area contributed by atoms with Gasteiger partial charge in [0.25, 0.3) is 0 Å². The molecule has 76 valence electrons. The molecule has 2 rings (SSSR count). The minimum atomic E-state index is -3.10. The zero-order chi connectivity index (χ0) is 10.3. The fourth-order valence-corrected chi connectivity index (χ4v) is 3.81. The Labute approximate surface area is 83.9 Å². The molecule has 1 aliphatic heterocycles. The van der Waals surface area contributed by atoms with E-state index in [2.05, 4.69) is 0 Å². The maximum atomic E-state index is 11.8. The van der Waals surface area contributed by atoms with Crippen molar-refractivity contribution in [1.29, 1.82) is 0 Å². The summed E-state index contributed by atoms with van der Waals surface area (Å²) in [4.78, 5) is 0.408. The smallest absolute Gasteiger partial charge is 0.179 e. The van der Waals surface area contributed by atoms with Gasteiger partial charge in [0.05, 0.1) is 10.6 Å².